The van der Waals surface area contributed by atoms with Crippen molar-refractivity contribution in [2.24, 2.45) is 0 Å². The highest BCUT2D eigenvalue weighted by Crippen LogP contribution is 2.15. The number of alkyl halides is 1. The van der Waals surface area contributed by atoms with Gasteiger partial charge in [-0.1, -0.05) is 18.2 Å². The average Bonchev–Trinajstić information content (AvgIpc) is 2.36. The number of hydrogen-bond acceptors (Lipinski definition) is 3. The Morgan fingerprint density at radius 2 is 1.89 bits per heavy atom. The van der Waals surface area contributed by atoms with E-state index in [2.05, 4.69) is 4.72 Å². The molecular formula is C12H18ClNO2S2. The third-order valence-corrected chi connectivity index (χ3v) is 4.98. The van der Waals surface area contributed by atoms with E-state index in [4.69, 9.17) is 11.6 Å². The largest absolute Gasteiger partial charge is 0.214 e. The summed E-state index contributed by atoms with van der Waals surface area (Å²) in [5.74, 6) is 1.41. The molecule has 0 spiro atoms. The van der Waals surface area contributed by atoms with Crippen molar-refractivity contribution in [3.63, 3.8) is 0 Å². The lowest BCUT2D eigenvalue weighted by Gasteiger charge is -2.06. The van der Waals surface area contributed by atoms with Gasteiger partial charge in [0.1, 0.15) is 0 Å². The first-order chi connectivity index (χ1) is 8.64. The van der Waals surface area contributed by atoms with Gasteiger partial charge in [0, 0.05) is 23.1 Å². The van der Waals surface area contributed by atoms with E-state index in [1.807, 2.05) is 30.3 Å². The molecule has 0 aliphatic carbocycles. The second kappa shape index (κ2) is 8.80. The second-order valence-electron chi connectivity index (χ2n) is 3.77. The molecule has 0 heterocycles. The average molecular weight is 308 g/mol. The van der Waals surface area contributed by atoms with Crippen molar-refractivity contribution >= 4 is 33.4 Å². The number of rotatable bonds is 9. The fraction of sp³-hybridized carbons (Fsp3) is 0.500. The summed E-state index contributed by atoms with van der Waals surface area (Å²) >= 11 is 7.15. The minimum absolute atomic E-state index is 0.162. The van der Waals surface area contributed by atoms with E-state index >= 15 is 0 Å². The van der Waals surface area contributed by atoms with Gasteiger partial charge in [0.2, 0.25) is 10.0 Å². The highest BCUT2D eigenvalue weighted by atomic mass is 35.5. The van der Waals surface area contributed by atoms with Crippen molar-refractivity contribution in [3.8, 4) is 0 Å². The Kier molecular flexibility index (Phi) is 7.74. The van der Waals surface area contributed by atoms with Crippen LogP contribution in [0.2, 0.25) is 0 Å². The number of hydrogen-bond donors (Lipinski definition) is 1. The summed E-state index contributed by atoms with van der Waals surface area (Å²) in [6, 6.07) is 9.93. The fourth-order valence-electron chi connectivity index (χ4n) is 1.34. The van der Waals surface area contributed by atoms with Crippen LogP contribution in [0.25, 0.3) is 0 Å². The summed E-state index contributed by atoms with van der Waals surface area (Å²) < 4.78 is 25.7. The van der Waals surface area contributed by atoms with Crippen molar-refractivity contribution in [3.05, 3.63) is 30.3 Å². The van der Waals surface area contributed by atoms with Crippen LogP contribution < -0.4 is 4.72 Å². The van der Waals surface area contributed by atoms with Gasteiger partial charge in [-0.05, 0) is 25.0 Å². The molecule has 0 unspecified atom stereocenters. The van der Waals surface area contributed by atoms with E-state index in [0.717, 1.165) is 17.1 Å². The van der Waals surface area contributed by atoms with Gasteiger partial charge in [0.25, 0.3) is 0 Å². The lowest BCUT2D eigenvalue weighted by atomic mass is 10.4. The van der Waals surface area contributed by atoms with E-state index < -0.39 is 10.0 Å². The number of unbranched alkanes of at least 4 members (excludes halogenated alkanes) is 1. The summed E-state index contributed by atoms with van der Waals surface area (Å²) in [6.07, 6.45) is 1.35. The Balaban J connectivity index is 2.17. The van der Waals surface area contributed by atoms with E-state index in [-0.39, 0.29) is 5.75 Å². The molecule has 1 rings (SSSR count). The molecule has 0 aromatic heterocycles. The number of nitrogens with one attached hydrogen (secondary N) is 1. The van der Waals surface area contributed by atoms with Gasteiger partial charge in [-0.2, -0.15) is 0 Å². The fourth-order valence-corrected chi connectivity index (χ4v) is 3.59. The standard InChI is InChI=1S/C12H18ClNO2S2/c13-8-4-5-11-18(15,16)14-9-10-17-12-6-2-1-3-7-12/h1-3,6-7,14H,4-5,8-11H2. The van der Waals surface area contributed by atoms with Crippen molar-refractivity contribution in [2.45, 2.75) is 17.7 Å². The quantitative estimate of drug-likeness (QED) is 0.433. The van der Waals surface area contributed by atoms with Gasteiger partial charge in [-0.3, -0.25) is 0 Å². The van der Waals surface area contributed by atoms with Gasteiger partial charge < -0.3 is 0 Å². The monoisotopic (exact) mass is 307 g/mol. The molecule has 0 radical (unpaired) electrons. The maximum absolute atomic E-state index is 11.6. The molecular weight excluding hydrogens is 290 g/mol. The number of halogens is 1. The minimum atomic E-state index is -3.13. The zero-order valence-electron chi connectivity index (χ0n) is 10.1. The maximum Gasteiger partial charge on any atom is 0.211 e. The Morgan fingerprint density at radius 1 is 1.17 bits per heavy atom. The van der Waals surface area contributed by atoms with E-state index in [0.29, 0.717) is 18.8 Å². The van der Waals surface area contributed by atoms with Crippen LogP contribution in [0.4, 0.5) is 0 Å². The van der Waals surface area contributed by atoms with Crippen LogP contribution in [0.1, 0.15) is 12.8 Å². The predicted octanol–water partition coefficient (Wildman–Crippen LogP) is 2.72. The van der Waals surface area contributed by atoms with Crippen LogP contribution in [0, 0.1) is 0 Å². The van der Waals surface area contributed by atoms with Crippen molar-refractivity contribution in [1.82, 2.24) is 4.72 Å². The lowest BCUT2D eigenvalue weighted by Crippen LogP contribution is -2.28. The van der Waals surface area contributed by atoms with E-state index in [1.165, 1.54) is 0 Å². The number of benzene rings is 1. The molecule has 6 heteroatoms. The highest BCUT2D eigenvalue weighted by Gasteiger charge is 2.08. The highest BCUT2D eigenvalue weighted by molar-refractivity contribution is 7.99. The molecule has 0 atom stereocenters. The second-order valence-corrected chi connectivity index (χ2v) is 7.24. The molecule has 0 amide bonds. The summed E-state index contributed by atoms with van der Waals surface area (Å²) in [5, 5.41) is 0. The van der Waals surface area contributed by atoms with Crippen molar-refractivity contribution < 1.29 is 8.42 Å². The Labute approximate surface area is 118 Å². The maximum atomic E-state index is 11.6. The number of thioether (sulfide) groups is 1. The molecule has 1 N–H and O–H groups in total. The first-order valence-electron chi connectivity index (χ1n) is 5.85. The molecule has 0 fully saturated rings. The van der Waals surface area contributed by atoms with Gasteiger partial charge in [0.05, 0.1) is 5.75 Å². The Hall–Kier alpha value is -0.230. The zero-order chi connectivity index (χ0) is 13.3. The van der Waals surface area contributed by atoms with Crippen molar-refractivity contribution in [1.29, 1.82) is 0 Å². The van der Waals surface area contributed by atoms with Crippen LogP contribution in [-0.2, 0) is 10.0 Å². The molecule has 1 aromatic carbocycles. The summed E-state index contributed by atoms with van der Waals surface area (Å²) in [6.45, 7) is 0.461. The molecule has 3 nitrogen and oxygen atoms in total. The predicted molar refractivity (Wildman–Crippen MR) is 78.9 cm³/mol. The molecule has 0 saturated carbocycles. The number of sulfonamides is 1. The van der Waals surface area contributed by atoms with Gasteiger partial charge in [-0.15, -0.1) is 23.4 Å². The van der Waals surface area contributed by atoms with Gasteiger partial charge >= 0.3 is 0 Å². The van der Waals surface area contributed by atoms with E-state index in [1.54, 1.807) is 11.8 Å². The third-order valence-electron chi connectivity index (χ3n) is 2.23. The molecule has 102 valence electrons. The third kappa shape index (κ3) is 7.26. The Bertz CT molecular complexity index is 423. The molecule has 0 aliphatic heterocycles. The summed E-state index contributed by atoms with van der Waals surface area (Å²) in [5.41, 5.74) is 0. The summed E-state index contributed by atoms with van der Waals surface area (Å²) in [4.78, 5) is 1.15. The smallest absolute Gasteiger partial charge is 0.211 e. The lowest BCUT2D eigenvalue weighted by molar-refractivity contribution is 0.581. The van der Waals surface area contributed by atoms with Crippen LogP contribution in [0.15, 0.2) is 35.2 Å². The molecule has 0 bridgehead atoms. The summed E-state index contributed by atoms with van der Waals surface area (Å²) in [7, 11) is -3.13. The molecule has 0 aliphatic rings. The normalized spacial score (nSPS) is 11.6. The van der Waals surface area contributed by atoms with Gasteiger partial charge in [-0.25, -0.2) is 13.1 Å². The van der Waals surface area contributed by atoms with Crippen molar-refractivity contribution in [2.75, 3.05) is 23.9 Å². The first kappa shape index (κ1) is 15.8. The van der Waals surface area contributed by atoms with E-state index in [9.17, 15) is 8.42 Å². The molecule has 1 aromatic rings. The topological polar surface area (TPSA) is 46.2 Å². The van der Waals surface area contributed by atoms with Crippen LogP contribution in [-0.4, -0.2) is 32.3 Å². The molecule has 18 heavy (non-hydrogen) atoms. The SMILES string of the molecule is O=S(=O)(CCCCCl)NCCSc1ccccc1. The first-order valence-corrected chi connectivity index (χ1v) is 9.02. The Morgan fingerprint density at radius 3 is 2.56 bits per heavy atom. The minimum Gasteiger partial charge on any atom is -0.214 e. The van der Waals surface area contributed by atoms with Crippen LogP contribution >= 0.6 is 23.4 Å². The zero-order valence-corrected chi connectivity index (χ0v) is 12.5. The van der Waals surface area contributed by atoms with Crippen LogP contribution in [0.5, 0.6) is 0 Å². The van der Waals surface area contributed by atoms with Gasteiger partial charge in [0.15, 0.2) is 0 Å². The molecule has 0 saturated heterocycles. The van der Waals surface area contributed by atoms with Crippen LogP contribution in [0.3, 0.4) is 0 Å².